The Bertz CT molecular complexity index is 756. The van der Waals surface area contributed by atoms with Crippen LogP contribution in [-0.4, -0.2) is 22.2 Å². The molecule has 23 heavy (non-hydrogen) atoms. The molecule has 0 bridgehead atoms. The highest BCUT2D eigenvalue weighted by Crippen LogP contribution is 2.26. The predicted molar refractivity (Wildman–Crippen MR) is 85.9 cm³/mol. The molecule has 0 radical (unpaired) electrons. The van der Waals surface area contributed by atoms with Crippen LogP contribution in [0.3, 0.4) is 0 Å². The minimum atomic E-state index is -0.293. The Labute approximate surface area is 134 Å². The van der Waals surface area contributed by atoms with E-state index in [4.69, 9.17) is 6.42 Å². The first-order valence-electron chi connectivity index (χ1n) is 7.79. The number of amides is 1. The maximum atomic E-state index is 13.2. The Kier molecular flexibility index (Phi) is 4.42. The molecular formula is C18H18FN3O. The van der Waals surface area contributed by atoms with Gasteiger partial charge in [-0.3, -0.25) is 4.79 Å². The molecule has 1 aliphatic carbocycles. The molecule has 1 N–H and O–H groups in total. The van der Waals surface area contributed by atoms with Crippen LogP contribution in [0.4, 0.5) is 4.39 Å². The number of terminal acetylenes is 1. The average Bonchev–Trinajstić information content (AvgIpc) is 2.75. The molecule has 1 aliphatic rings. The fourth-order valence-electron chi connectivity index (χ4n) is 2.97. The van der Waals surface area contributed by atoms with E-state index in [2.05, 4.69) is 16.3 Å². The first kappa shape index (κ1) is 15.3. The number of carbonyl (C=O) groups is 1. The van der Waals surface area contributed by atoms with E-state index in [0.29, 0.717) is 5.69 Å². The fraction of sp³-hybridized carbons (Fsp3) is 0.333. The molecule has 1 aromatic heterocycles. The Morgan fingerprint density at radius 2 is 2.00 bits per heavy atom. The summed E-state index contributed by atoms with van der Waals surface area (Å²) in [7, 11) is 0. The van der Waals surface area contributed by atoms with Gasteiger partial charge in [0.15, 0.2) is 5.69 Å². The molecular weight excluding hydrogens is 293 g/mol. The van der Waals surface area contributed by atoms with Crippen molar-refractivity contribution in [2.45, 2.75) is 32.1 Å². The van der Waals surface area contributed by atoms with Crippen LogP contribution in [0, 0.1) is 18.2 Å². The zero-order chi connectivity index (χ0) is 16.2. The number of fused-ring (bicyclic) bond motifs is 1. The Hall–Kier alpha value is -2.61. The summed E-state index contributed by atoms with van der Waals surface area (Å²) in [5.41, 5.74) is 3.23. The van der Waals surface area contributed by atoms with E-state index in [1.54, 1.807) is 16.8 Å². The summed E-state index contributed by atoms with van der Waals surface area (Å²) in [6.07, 6.45) is 10.1. The Balaban J connectivity index is 2.06. The van der Waals surface area contributed by atoms with Crippen molar-refractivity contribution in [2.75, 3.05) is 6.54 Å². The van der Waals surface area contributed by atoms with Crippen molar-refractivity contribution in [3.8, 4) is 18.0 Å². The number of rotatable bonds is 3. The first-order valence-corrected chi connectivity index (χ1v) is 7.79. The maximum absolute atomic E-state index is 13.2. The molecule has 0 fully saturated rings. The molecule has 0 aliphatic heterocycles. The minimum absolute atomic E-state index is 0.178. The number of aromatic nitrogens is 2. The number of nitrogens with zero attached hydrogens (tertiary/aromatic N) is 2. The summed E-state index contributed by atoms with van der Waals surface area (Å²) in [5.74, 6) is 1.86. The van der Waals surface area contributed by atoms with Gasteiger partial charge in [0.1, 0.15) is 5.82 Å². The molecule has 1 aromatic carbocycles. The van der Waals surface area contributed by atoms with E-state index >= 15 is 0 Å². The fourth-order valence-corrected chi connectivity index (χ4v) is 2.97. The van der Waals surface area contributed by atoms with Gasteiger partial charge in [-0.2, -0.15) is 5.10 Å². The van der Waals surface area contributed by atoms with Crippen LogP contribution in [0.25, 0.3) is 5.69 Å². The lowest BCUT2D eigenvalue weighted by atomic mass is 10.1. The summed E-state index contributed by atoms with van der Waals surface area (Å²) in [6, 6.07) is 6.16. The van der Waals surface area contributed by atoms with E-state index in [1.165, 1.54) is 12.1 Å². The molecule has 4 nitrogen and oxygen atoms in total. The topological polar surface area (TPSA) is 46.9 Å². The van der Waals surface area contributed by atoms with Crippen molar-refractivity contribution < 1.29 is 9.18 Å². The van der Waals surface area contributed by atoms with Gasteiger partial charge in [-0.25, -0.2) is 9.07 Å². The molecule has 118 valence electrons. The Morgan fingerprint density at radius 3 is 2.74 bits per heavy atom. The zero-order valence-corrected chi connectivity index (χ0v) is 12.8. The predicted octanol–water partition coefficient (Wildman–Crippen LogP) is 2.64. The van der Waals surface area contributed by atoms with Crippen LogP contribution in [0.2, 0.25) is 0 Å². The number of hydrogen-bond donors (Lipinski definition) is 1. The molecule has 2 aromatic rings. The molecule has 0 atom stereocenters. The molecule has 0 unspecified atom stereocenters. The van der Waals surface area contributed by atoms with Crippen LogP contribution >= 0.6 is 0 Å². The summed E-state index contributed by atoms with van der Waals surface area (Å²) >= 11 is 0. The SMILES string of the molecule is C#CCNC(=O)c1nn(-c2ccc(F)cc2)c2c1CCCCC2. The first-order chi connectivity index (χ1) is 11.2. The number of halogens is 1. The minimum Gasteiger partial charge on any atom is -0.340 e. The summed E-state index contributed by atoms with van der Waals surface area (Å²) in [6.45, 7) is 0.178. The number of nitrogens with one attached hydrogen (secondary N) is 1. The van der Waals surface area contributed by atoms with E-state index in [-0.39, 0.29) is 18.3 Å². The second-order valence-electron chi connectivity index (χ2n) is 5.61. The molecule has 1 heterocycles. The van der Waals surface area contributed by atoms with Gasteiger partial charge in [-0.1, -0.05) is 12.3 Å². The standard InChI is InChI=1S/C18H18FN3O/c1-2-12-20-18(23)17-15-6-4-3-5-7-16(15)22(21-17)14-10-8-13(19)9-11-14/h1,8-11H,3-7,12H2,(H,20,23). The third kappa shape index (κ3) is 3.11. The van der Waals surface area contributed by atoms with Crippen molar-refractivity contribution in [2.24, 2.45) is 0 Å². The quantitative estimate of drug-likeness (QED) is 0.700. The summed E-state index contributed by atoms with van der Waals surface area (Å²) in [5, 5.41) is 7.18. The summed E-state index contributed by atoms with van der Waals surface area (Å²) in [4.78, 5) is 12.3. The lowest BCUT2D eigenvalue weighted by molar-refractivity contribution is 0.0952. The highest BCUT2D eigenvalue weighted by molar-refractivity contribution is 5.94. The lowest BCUT2D eigenvalue weighted by Crippen LogP contribution is -2.25. The second-order valence-corrected chi connectivity index (χ2v) is 5.61. The molecule has 0 spiro atoms. The van der Waals surface area contributed by atoms with Crippen molar-refractivity contribution in [1.82, 2.24) is 15.1 Å². The van der Waals surface area contributed by atoms with Gasteiger partial charge in [0, 0.05) is 11.3 Å². The van der Waals surface area contributed by atoms with Crippen LogP contribution in [-0.2, 0) is 12.8 Å². The van der Waals surface area contributed by atoms with E-state index in [9.17, 15) is 9.18 Å². The van der Waals surface area contributed by atoms with Crippen LogP contribution in [0.1, 0.15) is 41.0 Å². The van der Waals surface area contributed by atoms with Gasteiger partial charge in [-0.05, 0) is 49.9 Å². The van der Waals surface area contributed by atoms with Crippen molar-refractivity contribution in [1.29, 1.82) is 0 Å². The van der Waals surface area contributed by atoms with Crippen molar-refractivity contribution in [3.05, 3.63) is 47.0 Å². The second kappa shape index (κ2) is 6.66. The number of carbonyl (C=O) groups excluding carboxylic acids is 1. The highest BCUT2D eigenvalue weighted by Gasteiger charge is 2.24. The smallest absolute Gasteiger partial charge is 0.272 e. The third-order valence-electron chi connectivity index (χ3n) is 4.07. The highest BCUT2D eigenvalue weighted by atomic mass is 19.1. The van der Waals surface area contributed by atoms with E-state index in [1.807, 2.05) is 0 Å². The van der Waals surface area contributed by atoms with E-state index in [0.717, 1.165) is 49.0 Å². The normalized spacial score (nSPS) is 13.7. The Morgan fingerprint density at radius 1 is 1.26 bits per heavy atom. The van der Waals surface area contributed by atoms with Gasteiger partial charge >= 0.3 is 0 Å². The van der Waals surface area contributed by atoms with Crippen LogP contribution in [0.5, 0.6) is 0 Å². The van der Waals surface area contributed by atoms with Crippen molar-refractivity contribution >= 4 is 5.91 Å². The molecule has 3 rings (SSSR count). The molecule has 0 saturated heterocycles. The van der Waals surface area contributed by atoms with Gasteiger partial charge in [0.2, 0.25) is 0 Å². The largest absolute Gasteiger partial charge is 0.340 e. The van der Waals surface area contributed by atoms with E-state index < -0.39 is 0 Å². The summed E-state index contributed by atoms with van der Waals surface area (Å²) < 4.78 is 14.9. The molecule has 5 heteroatoms. The van der Waals surface area contributed by atoms with Crippen molar-refractivity contribution in [3.63, 3.8) is 0 Å². The number of hydrogen-bond acceptors (Lipinski definition) is 2. The van der Waals surface area contributed by atoms with Crippen LogP contribution in [0.15, 0.2) is 24.3 Å². The number of benzene rings is 1. The van der Waals surface area contributed by atoms with Gasteiger partial charge in [0.05, 0.1) is 12.2 Å². The van der Waals surface area contributed by atoms with Crippen LogP contribution < -0.4 is 5.32 Å². The zero-order valence-electron chi connectivity index (χ0n) is 12.8. The molecule has 1 amide bonds. The molecule has 0 saturated carbocycles. The maximum Gasteiger partial charge on any atom is 0.272 e. The van der Waals surface area contributed by atoms with Gasteiger partial charge in [0.25, 0.3) is 5.91 Å². The van der Waals surface area contributed by atoms with Gasteiger partial charge in [-0.15, -0.1) is 6.42 Å². The average molecular weight is 311 g/mol. The monoisotopic (exact) mass is 311 g/mol. The third-order valence-corrected chi connectivity index (χ3v) is 4.07. The lowest BCUT2D eigenvalue weighted by Gasteiger charge is -2.07. The van der Waals surface area contributed by atoms with Gasteiger partial charge < -0.3 is 5.32 Å².